The van der Waals surface area contributed by atoms with Crippen LogP contribution < -0.4 is 5.73 Å². The van der Waals surface area contributed by atoms with Crippen LogP contribution in [0.2, 0.25) is 0 Å². The zero-order chi connectivity index (χ0) is 11.3. The van der Waals surface area contributed by atoms with Crippen LogP contribution in [0.1, 0.15) is 33.1 Å². The second-order valence-corrected chi connectivity index (χ2v) is 4.88. The summed E-state index contributed by atoms with van der Waals surface area (Å²) in [7, 11) is 2.22. The molecule has 15 heavy (non-hydrogen) atoms. The molecule has 0 spiro atoms. The van der Waals surface area contributed by atoms with Gasteiger partial charge in [0.2, 0.25) is 0 Å². The van der Waals surface area contributed by atoms with E-state index < -0.39 is 0 Å². The van der Waals surface area contributed by atoms with E-state index in [-0.39, 0.29) is 0 Å². The highest BCUT2D eigenvalue weighted by molar-refractivity contribution is 4.81. The van der Waals surface area contributed by atoms with Gasteiger partial charge in [-0.3, -0.25) is 4.90 Å². The molecule has 1 rings (SSSR count). The van der Waals surface area contributed by atoms with Crippen LogP contribution in [0.15, 0.2) is 0 Å². The average molecular weight is 213 g/mol. The fourth-order valence-corrected chi connectivity index (χ4v) is 2.69. The molecule has 0 radical (unpaired) electrons. The molecule has 1 fully saturated rings. The smallest absolute Gasteiger partial charge is 0.0221 e. The molecule has 3 heteroatoms. The van der Waals surface area contributed by atoms with Gasteiger partial charge in [0.1, 0.15) is 0 Å². The second kappa shape index (κ2) is 6.46. The quantitative estimate of drug-likeness (QED) is 0.760. The van der Waals surface area contributed by atoms with Gasteiger partial charge in [0.25, 0.3) is 0 Å². The van der Waals surface area contributed by atoms with E-state index in [4.69, 9.17) is 5.73 Å². The Kier molecular flexibility index (Phi) is 5.58. The Morgan fingerprint density at radius 1 is 1.40 bits per heavy atom. The third kappa shape index (κ3) is 3.74. The van der Waals surface area contributed by atoms with E-state index >= 15 is 0 Å². The van der Waals surface area contributed by atoms with Crippen molar-refractivity contribution in [3.05, 3.63) is 0 Å². The first-order chi connectivity index (χ1) is 7.19. The summed E-state index contributed by atoms with van der Waals surface area (Å²) in [6.45, 7) is 9.01. The fourth-order valence-electron chi connectivity index (χ4n) is 2.69. The predicted octanol–water partition coefficient (Wildman–Crippen LogP) is 1.14. The monoisotopic (exact) mass is 213 g/mol. The summed E-state index contributed by atoms with van der Waals surface area (Å²) in [6.07, 6.45) is 3.76. The fraction of sp³-hybridized carbons (Fsp3) is 1.00. The van der Waals surface area contributed by atoms with Crippen LogP contribution in [-0.2, 0) is 0 Å². The number of nitrogens with zero attached hydrogens (tertiary/aromatic N) is 2. The zero-order valence-electron chi connectivity index (χ0n) is 10.6. The summed E-state index contributed by atoms with van der Waals surface area (Å²) in [5.41, 5.74) is 5.88. The van der Waals surface area contributed by atoms with Crippen LogP contribution in [0.4, 0.5) is 0 Å². The van der Waals surface area contributed by atoms with Crippen molar-refractivity contribution in [1.82, 2.24) is 9.80 Å². The molecular weight excluding hydrogens is 186 g/mol. The maximum absolute atomic E-state index is 5.88. The first kappa shape index (κ1) is 12.9. The molecule has 1 heterocycles. The highest BCUT2D eigenvalue weighted by atomic mass is 15.2. The largest absolute Gasteiger partial charge is 0.329 e. The number of hydrogen-bond donors (Lipinski definition) is 1. The lowest BCUT2D eigenvalue weighted by Crippen LogP contribution is -2.47. The van der Waals surface area contributed by atoms with E-state index in [9.17, 15) is 0 Å². The molecular formula is C12H27N3. The Hall–Kier alpha value is -0.120. The molecule has 3 nitrogen and oxygen atoms in total. The van der Waals surface area contributed by atoms with E-state index in [1.807, 2.05) is 0 Å². The summed E-state index contributed by atoms with van der Waals surface area (Å²) in [6, 6.07) is 1.24. The number of likely N-dealkylation sites (N-methyl/N-ethyl adjacent to an activating group) is 1. The number of rotatable bonds is 4. The van der Waals surface area contributed by atoms with Gasteiger partial charge < -0.3 is 10.6 Å². The summed E-state index contributed by atoms with van der Waals surface area (Å²) in [5, 5.41) is 0. The van der Waals surface area contributed by atoms with Crippen molar-refractivity contribution in [3.63, 3.8) is 0 Å². The summed E-state index contributed by atoms with van der Waals surface area (Å²) in [4.78, 5) is 5.05. The van der Waals surface area contributed by atoms with Crippen LogP contribution >= 0.6 is 0 Å². The van der Waals surface area contributed by atoms with Crippen molar-refractivity contribution in [1.29, 1.82) is 0 Å². The molecule has 0 saturated carbocycles. The van der Waals surface area contributed by atoms with Gasteiger partial charge in [0.05, 0.1) is 0 Å². The van der Waals surface area contributed by atoms with Gasteiger partial charge in [-0.25, -0.2) is 0 Å². The maximum Gasteiger partial charge on any atom is 0.0221 e. The molecule has 0 aliphatic carbocycles. The SMILES string of the molecule is CCCC(CN)N1CCCN(C)CC1C. The Bertz CT molecular complexity index is 172. The normalized spacial score (nSPS) is 27.6. The van der Waals surface area contributed by atoms with Gasteiger partial charge in [0, 0.05) is 31.7 Å². The van der Waals surface area contributed by atoms with Crippen molar-refractivity contribution in [2.75, 3.05) is 33.2 Å². The number of nitrogens with two attached hydrogens (primary N) is 1. The molecule has 0 aromatic carbocycles. The average Bonchev–Trinajstić information content (AvgIpc) is 2.36. The lowest BCUT2D eigenvalue weighted by atomic mass is 10.1. The summed E-state index contributed by atoms with van der Waals surface area (Å²) >= 11 is 0. The van der Waals surface area contributed by atoms with E-state index in [0.717, 1.165) is 6.54 Å². The molecule has 1 aliphatic rings. The second-order valence-electron chi connectivity index (χ2n) is 4.88. The molecule has 2 unspecified atom stereocenters. The Balaban J connectivity index is 2.56. The van der Waals surface area contributed by atoms with Gasteiger partial charge in [-0.05, 0) is 33.4 Å². The zero-order valence-corrected chi connectivity index (χ0v) is 10.6. The minimum absolute atomic E-state index is 0.594. The Morgan fingerprint density at radius 2 is 2.13 bits per heavy atom. The van der Waals surface area contributed by atoms with E-state index in [0.29, 0.717) is 12.1 Å². The van der Waals surface area contributed by atoms with E-state index in [2.05, 4.69) is 30.7 Å². The van der Waals surface area contributed by atoms with Crippen molar-refractivity contribution in [2.45, 2.75) is 45.2 Å². The highest BCUT2D eigenvalue weighted by Gasteiger charge is 2.24. The molecule has 90 valence electrons. The van der Waals surface area contributed by atoms with Crippen LogP contribution in [0.5, 0.6) is 0 Å². The van der Waals surface area contributed by atoms with Crippen molar-refractivity contribution in [2.24, 2.45) is 5.73 Å². The third-order valence-corrected chi connectivity index (χ3v) is 3.46. The maximum atomic E-state index is 5.88. The van der Waals surface area contributed by atoms with Gasteiger partial charge >= 0.3 is 0 Å². The van der Waals surface area contributed by atoms with E-state index in [1.54, 1.807) is 0 Å². The molecule has 0 aromatic rings. The van der Waals surface area contributed by atoms with Crippen LogP contribution in [0.25, 0.3) is 0 Å². The minimum atomic E-state index is 0.594. The molecule has 0 amide bonds. The summed E-state index contributed by atoms with van der Waals surface area (Å²) in [5.74, 6) is 0. The molecule has 0 bridgehead atoms. The van der Waals surface area contributed by atoms with Crippen LogP contribution in [-0.4, -0.2) is 55.1 Å². The number of hydrogen-bond acceptors (Lipinski definition) is 3. The van der Waals surface area contributed by atoms with Gasteiger partial charge in [-0.15, -0.1) is 0 Å². The topological polar surface area (TPSA) is 32.5 Å². The van der Waals surface area contributed by atoms with Crippen LogP contribution in [0, 0.1) is 0 Å². The van der Waals surface area contributed by atoms with Gasteiger partial charge in [-0.1, -0.05) is 13.3 Å². The predicted molar refractivity (Wildman–Crippen MR) is 66.0 cm³/mol. The first-order valence-corrected chi connectivity index (χ1v) is 6.33. The Morgan fingerprint density at radius 3 is 2.73 bits per heavy atom. The van der Waals surface area contributed by atoms with Crippen molar-refractivity contribution >= 4 is 0 Å². The lowest BCUT2D eigenvalue weighted by molar-refractivity contribution is 0.138. The molecule has 1 aliphatic heterocycles. The van der Waals surface area contributed by atoms with Crippen molar-refractivity contribution in [3.8, 4) is 0 Å². The highest BCUT2D eigenvalue weighted by Crippen LogP contribution is 2.15. The molecule has 0 aromatic heterocycles. The lowest BCUT2D eigenvalue weighted by Gasteiger charge is -2.35. The molecule has 1 saturated heterocycles. The molecule has 2 N–H and O–H groups in total. The van der Waals surface area contributed by atoms with Gasteiger partial charge in [-0.2, -0.15) is 0 Å². The first-order valence-electron chi connectivity index (χ1n) is 6.33. The summed E-state index contributed by atoms with van der Waals surface area (Å²) < 4.78 is 0. The Labute approximate surface area is 94.6 Å². The van der Waals surface area contributed by atoms with Crippen molar-refractivity contribution < 1.29 is 0 Å². The van der Waals surface area contributed by atoms with E-state index in [1.165, 1.54) is 38.9 Å². The minimum Gasteiger partial charge on any atom is -0.329 e. The van der Waals surface area contributed by atoms with Gasteiger partial charge in [0.15, 0.2) is 0 Å². The standard InChI is InChI=1S/C12H27N3/c1-4-6-12(9-13)15-8-5-7-14(3)10-11(15)2/h11-12H,4-10,13H2,1-3H3. The third-order valence-electron chi connectivity index (χ3n) is 3.46. The van der Waals surface area contributed by atoms with Crippen LogP contribution in [0.3, 0.4) is 0 Å². The molecule has 2 atom stereocenters.